The highest BCUT2D eigenvalue weighted by molar-refractivity contribution is 6.62. The van der Waals surface area contributed by atoms with Crippen LogP contribution in [0.1, 0.15) is 73.6 Å². The second kappa shape index (κ2) is 19.4. The predicted molar refractivity (Wildman–Crippen MR) is 226 cm³/mol. The highest BCUT2D eigenvalue weighted by Crippen LogP contribution is 2.43. The molecular weight excluding hydrogens is 749 g/mol. The molecule has 0 saturated carbocycles. The standard InChI is InChI=1S/C46H54BN3O9/c1-5-7-25-49(26-8-6-2)29-33-15-14-32(28-39(33)47-58-42-40(30-51)57-44(43(42)59-47)50-27-24-41(52)48-45(50)53)31-56-46(34-12-10-9-11-13-34,35-16-20-37(54-3)21-17-35)36-18-22-38(55-4)23-19-36/h9-24,27-28,40,42-44,51H,5-8,25-26,29-31H2,1-4H3,(H,48,52,53)/t40-,42-,43-,44-/m1/s1. The number of benzene rings is 4. The molecule has 4 aromatic carbocycles. The molecule has 310 valence electrons. The Morgan fingerprint density at radius 3 is 1.98 bits per heavy atom. The van der Waals surface area contributed by atoms with Crippen molar-refractivity contribution in [3.05, 3.63) is 158 Å². The van der Waals surface area contributed by atoms with Gasteiger partial charge in [0.2, 0.25) is 0 Å². The zero-order chi connectivity index (χ0) is 41.4. The van der Waals surface area contributed by atoms with E-state index in [1.165, 1.54) is 16.8 Å². The lowest BCUT2D eigenvalue weighted by atomic mass is 9.75. The largest absolute Gasteiger partial charge is 0.497 e. The lowest BCUT2D eigenvalue weighted by Gasteiger charge is -2.36. The maximum atomic E-state index is 12.9. The second-order valence-electron chi connectivity index (χ2n) is 15.1. The number of nitrogens with zero attached hydrogens (tertiary/aromatic N) is 2. The number of hydrogen-bond donors (Lipinski definition) is 2. The number of nitrogens with one attached hydrogen (secondary N) is 1. The SMILES string of the molecule is CCCCN(CCCC)Cc1ccc(COC(c2ccccc2)(c2ccc(OC)cc2)c2ccc(OC)cc2)cc1B1O[C@@H]2[C@H](O1)[C@@H](CO)O[C@H]2n1ccc(=O)[nH]c1=O. The van der Waals surface area contributed by atoms with Crippen LogP contribution in [0.2, 0.25) is 0 Å². The van der Waals surface area contributed by atoms with E-state index in [2.05, 4.69) is 54.1 Å². The van der Waals surface area contributed by atoms with Crippen LogP contribution in [0.4, 0.5) is 0 Å². The van der Waals surface area contributed by atoms with Crippen LogP contribution >= 0.6 is 0 Å². The Labute approximate surface area is 345 Å². The van der Waals surface area contributed by atoms with Crippen LogP contribution in [0.3, 0.4) is 0 Å². The zero-order valence-corrected chi connectivity index (χ0v) is 34.3. The van der Waals surface area contributed by atoms with Crippen molar-refractivity contribution in [2.75, 3.05) is 33.9 Å². The third-order valence-corrected chi connectivity index (χ3v) is 11.3. The zero-order valence-electron chi connectivity index (χ0n) is 34.3. The molecule has 2 N–H and O–H groups in total. The summed E-state index contributed by atoms with van der Waals surface area (Å²) < 4.78 is 39.1. The Kier molecular flexibility index (Phi) is 13.8. The van der Waals surface area contributed by atoms with Crippen LogP contribution in [0.15, 0.2) is 119 Å². The normalized spacial score (nSPS) is 19.0. The minimum atomic E-state index is -1.03. The fraction of sp³-hybridized carbons (Fsp3) is 0.391. The number of aliphatic hydroxyl groups excluding tert-OH is 1. The third-order valence-electron chi connectivity index (χ3n) is 11.3. The molecule has 0 amide bonds. The minimum absolute atomic E-state index is 0.215. The van der Waals surface area contributed by atoms with Gasteiger partial charge in [0.25, 0.3) is 5.56 Å². The average molecular weight is 804 g/mol. The molecule has 2 fully saturated rings. The van der Waals surface area contributed by atoms with Gasteiger partial charge in [0.15, 0.2) is 6.23 Å². The maximum absolute atomic E-state index is 12.9. The first-order chi connectivity index (χ1) is 28.8. The number of rotatable bonds is 19. The van der Waals surface area contributed by atoms with Gasteiger partial charge >= 0.3 is 12.8 Å². The molecule has 4 atom stereocenters. The highest BCUT2D eigenvalue weighted by atomic mass is 16.7. The molecule has 12 nitrogen and oxygen atoms in total. The van der Waals surface area contributed by atoms with E-state index in [4.69, 9.17) is 28.3 Å². The van der Waals surface area contributed by atoms with Crippen LogP contribution in [-0.2, 0) is 37.5 Å². The maximum Gasteiger partial charge on any atom is 0.495 e. The van der Waals surface area contributed by atoms with Crippen LogP contribution in [-0.4, -0.2) is 78.9 Å². The summed E-state index contributed by atoms with van der Waals surface area (Å²) >= 11 is 0. The van der Waals surface area contributed by atoms with E-state index in [0.29, 0.717) is 6.54 Å². The van der Waals surface area contributed by atoms with Gasteiger partial charge < -0.3 is 33.4 Å². The van der Waals surface area contributed by atoms with Crippen molar-refractivity contribution >= 4 is 12.6 Å². The lowest BCUT2D eigenvalue weighted by Crippen LogP contribution is -2.41. The third kappa shape index (κ3) is 9.11. The number of ether oxygens (including phenoxy) is 4. The molecule has 3 heterocycles. The van der Waals surface area contributed by atoms with Gasteiger partial charge in [-0.15, -0.1) is 0 Å². The van der Waals surface area contributed by atoms with Crippen molar-refractivity contribution in [1.82, 2.24) is 14.5 Å². The minimum Gasteiger partial charge on any atom is -0.497 e. The Balaban J connectivity index is 1.28. The molecule has 1 aromatic heterocycles. The molecule has 2 aliphatic rings. The first-order valence-electron chi connectivity index (χ1n) is 20.5. The molecule has 2 aliphatic heterocycles. The van der Waals surface area contributed by atoms with Crippen molar-refractivity contribution in [3.8, 4) is 11.5 Å². The monoisotopic (exact) mass is 803 g/mol. The molecule has 0 spiro atoms. The molecule has 0 radical (unpaired) electrons. The summed E-state index contributed by atoms with van der Waals surface area (Å²) in [4.78, 5) is 29.6. The number of H-pyrrole nitrogens is 1. The van der Waals surface area contributed by atoms with E-state index in [1.807, 2.05) is 66.7 Å². The topological polar surface area (TPSA) is 134 Å². The van der Waals surface area contributed by atoms with Crippen LogP contribution < -0.4 is 26.2 Å². The summed E-state index contributed by atoms with van der Waals surface area (Å²) in [5, 5.41) is 10.4. The van der Waals surface area contributed by atoms with E-state index in [9.17, 15) is 14.7 Å². The Morgan fingerprint density at radius 1 is 0.797 bits per heavy atom. The molecular formula is C46H54BN3O9. The van der Waals surface area contributed by atoms with Gasteiger partial charge in [0.1, 0.15) is 35.4 Å². The molecule has 13 heteroatoms. The average Bonchev–Trinajstić information content (AvgIpc) is 3.86. The van der Waals surface area contributed by atoms with Gasteiger partial charge in [0.05, 0.1) is 27.4 Å². The van der Waals surface area contributed by atoms with Crippen molar-refractivity contribution in [2.45, 2.75) is 82.8 Å². The molecule has 0 aliphatic carbocycles. The lowest BCUT2D eigenvalue weighted by molar-refractivity contribution is -0.0606. The van der Waals surface area contributed by atoms with E-state index < -0.39 is 48.5 Å². The number of aromatic nitrogens is 2. The number of aliphatic hydroxyl groups is 1. The molecule has 2 saturated heterocycles. The fourth-order valence-corrected chi connectivity index (χ4v) is 8.12. The first-order valence-corrected chi connectivity index (χ1v) is 20.5. The van der Waals surface area contributed by atoms with E-state index in [1.54, 1.807) is 14.2 Å². The Bertz CT molecular complexity index is 2180. The number of unbranched alkanes of at least 4 members (excludes halogenated alkanes) is 2. The smallest absolute Gasteiger partial charge is 0.495 e. The van der Waals surface area contributed by atoms with E-state index >= 15 is 0 Å². The summed E-state index contributed by atoms with van der Waals surface area (Å²) in [6, 6.07) is 33.7. The molecule has 0 bridgehead atoms. The second-order valence-corrected chi connectivity index (χ2v) is 15.1. The van der Waals surface area contributed by atoms with E-state index in [0.717, 1.165) is 83.6 Å². The molecule has 59 heavy (non-hydrogen) atoms. The van der Waals surface area contributed by atoms with Gasteiger partial charge in [-0.3, -0.25) is 19.2 Å². The summed E-state index contributed by atoms with van der Waals surface area (Å²) in [5.41, 5.74) is 3.38. The van der Waals surface area contributed by atoms with E-state index in [-0.39, 0.29) is 13.2 Å². The van der Waals surface area contributed by atoms with Gasteiger partial charge in [-0.2, -0.15) is 0 Å². The summed E-state index contributed by atoms with van der Waals surface area (Å²) in [6.45, 7) is 6.88. The molecule has 0 unspecified atom stereocenters. The van der Waals surface area contributed by atoms with Gasteiger partial charge in [-0.25, -0.2) is 4.79 Å². The Hall–Kier alpha value is -5.02. The summed E-state index contributed by atoms with van der Waals surface area (Å²) in [6.07, 6.45) is 2.63. The quantitative estimate of drug-likeness (QED) is 0.0811. The number of fused-ring (bicyclic) bond motifs is 1. The summed E-state index contributed by atoms with van der Waals surface area (Å²) in [7, 11) is 2.47. The Morgan fingerprint density at radius 2 is 1.41 bits per heavy atom. The number of methoxy groups -OCH3 is 2. The van der Waals surface area contributed by atoms with Gasteiger partial charge in [0, 0.05) is 18.8 Å². The van der Waals surface area contributed by atoms with Crippen molar-refractivity contribution < 1.29 is 33.4 Å². The van der Waals surface area contributed by atoms with Gasteiger partial charge in [-0.1, -0.05) is 99.5 Å². The van der Waals surface area contributed by atoms with Crippen molar-refractivity contribution in [1.29, 1.82) is 0 Å². The van der Waals surface area contributed by atoms with Crippen LogP contribution in [0.25, 0.3) is 0 Å². The molecule has 7 rings (SSSR count). The van der Waals surface area contributed by atoms with Crippen molar-refractivity contribution in [2.24, 2.45) is 0 Å². The first kappa shape index (κ1) is 42.1. The van der Waals surface area contributed by atoms with Crippen molar-refractivity contribution in [3.63, 3.8) is 0 Å². The van der Waals surface area contributed by atoms with Gasteiger partial charge in [-0.05, 0) is 83.5 Å². The summed E-state index contributed by atoms with van der Waals surface area (Å²) in [5.74, 6) is 1.47. The van der Waals surface area contributed by atoms with Crippen LogP contribution in [0.5, 0.6) is 11.5 Å². The fourth-order valence-electron chi connectivity index (χ4n) is 8.12. The highest BCUT2D eigenvalue weighted by Gasteiger charge is 2.55. The number of hydrogen-bond acceptors (Lipinski definition) is 10. The van der Waals surface area contributed by atoms with Crippen LogP contribution in [0, 0.1) is 0 Å². The number of aromatic amines is 1. The predicted octanol–water partition coefficient (Wildman–Crippen LogP) is 5.53. The molecule has 5 aromatic rings.